The second-order valence-electron chi connectivity index (χ2n) is 3.51. The third-order valence-electron chi connectivity index (χ3n) is 2.35. The molecule has 0 bridgehead atoms. The third kappa shape index (κ3) is 2.27. The number of fused-ring (bicyclic) bond motifs is 1. The first-order chi connectivity index (χ1) is 9.25. The van der Waals surface area contributed by atoms with Crippen molar-refractivity contribution in [3.8, 4) is 0 Å². The van der Waals surface area contributed by atoms with Crippen LogP contribution >= 0.6 is 23.3 Å². The molecule has 1 N–H and O–H groups in total. The Morgan fingerprint density at radius 3 is 2.84 bits per heavy atom. The van der Waals surface area contributed by atoms with Crippen LogP contribution in [0.1, 0.15) is 10.5 Å². The van der Waals surface area contributed by atoms with Crippen molar-refractivity contribution in [2.45, 2.75) is 9.24 Å². The Hall–Kier alpha value is -2.06. The van der Waals surface area contributed by atoms with E-state index in [2.05, 4.69) is 19.6 Å². The molecular formula is C11H6N4O2S2. The van der Waals surface area contributed by atoms with Crippen LogP contribution in [-0.4, -0.2) is 30.6 Å². The van der Waals surface area contributed by atoms with Gasteiger partial charge in [-0.15, -0.1) is 10.2 Å². The molecule has 19 heavy (non-hydrogen) atoms. The summed E-state index contributed by atoms with van der Waals surface area (Å²) >= 11 is 2.45. The number of rotatable bonds is 3. The van der Waals surface area contributed by atoms with E-state index in [9.17, 15) is 9.90 Å². The number of benzene rings is 1. The van der Waals surface area contributed by atoms with E-state index in [1.807, 2.05) is 18.2 Å². The Kier molecular flexibility index (Phi) is 3.10. The van der Waals surface area contributed by atoms with Gasteiger partial charge in [0.05, 0.1) is 10.4 Å². The lowest BCUT2D eigenvalue weighted by atomic mass is 10.2. The predicted molar refractivity (Wildman–Crippen MR) is 70.5 cm³/mol. The summed E-state index contributed by atoms with van der Waals surface area (Å²) in [7, 11) is 0. The minimum absolute atomic E-state index is 0.0705. The number of aromatic carboxylic acids is 1. The molecule has 0 amide bonds. The number of carboxylic acid groups (broad SMARTS) is 1. The highest BCUT2D eigenvalue weighted by Gasteiger charge is 2.18. The van der Waals surface area contributed by atoms with Gasteiger partial charge in [0.2, 0.25) is 0 Å². The second-order valence-corrected chi connectivity index (χ2v) is 5.55. The van der Waals surface area contributed by atoms with Crippen molar-refractivity contribution in [1.29, 1.82) is 0 Å². The van der Waals surface area contributed by atoms with E-state index in [-0.39, 0.29) is 5.69 Å². The van der Waals surface area contributed by atoms with Crippen molar-refractivity contribution in [2.75, 3.05) is 0 Å². The first kappa shape index (κ1) is 12.0. The summed E-state index contributed by atoms with van der Waals surface area (Å²) in [5, 5.41) is 17.6. The zero-order chi connectivity index (χ0) is 13.2. The van der Waals surface area contributed by atoms with Gasteiger partial charge in [0.15, 0.2) is 10.0 Å². The fraction of sp³-hybridized carbons (Fsp3) is 0. The predicted octanol–water partition coefficient (Wildman–Crippen LogP) is 2.33. The van der Waals surface area contributed by atoms with E-state index in [1.54, 1.807) is 6.07 Å². The van der Waals surface area contributed by atoms with Gasteiger partial charge in [0.25, 0.3) is 0 Å². The maximum atomic E-state index is 11.2. The summed E-state index contributed by atoms with van der Waals surface area (Å²) in [5.41, 5.74) is 0.582. The van der Waals surface area contributed by atoms with E-state index in [0.717, 1.165) is 5.39 Å². The molecule has 2 heterocycles. The molecule has 0 fully saturated rings. The first-order valence-corrected chi connectivity index (χ1v) is 6.78. The summed E-state index contributed by atoms with van der Waals surface area (Å²) in [6, 6.07) is 7.27. The van der Waals surface area contributed by atoms with Crippen LogP contribution in [0.25, 0.3) is 10.9 Å². The summed E-state index contributed by atoms with van der Waals surface area (Å²) in [6.45, 7) is 0. The molecule has 0 radical (unpaired) electrons. The summed E-state index contributed by atoms with van der Waals surface area (Å²) in [6.07, 6.45) is 1.43. The molecule has 3 aromatic rings. The highest BCUT2D eigenvalue weighted by molar-refractivity contribution is 8.01. The average molecular weight is 290 g/mol. The van der Waals surface area contributed by atoms with Gasteiger partial charge in [-0.05, 0) is 17.6 Å². The number of hydrogen-bond donors (Lipinski definition) is 1. The molecule has 0 unspecified atom stereocenters. The van der Waals surface area contributed by atoms with Crippen LogP contribution in [0.2, 0.25) is 0 Å². The van der Waals surface area contributed by atoms with E-state index < -0.39 is 5.97 Å². The van der Waals surface area contributed by atoms with Crippen LogP contribution in [0, 0.1) is 0 Å². The summed E-state index contributed by atoms with van der Waals surface area (Å²) in [5.74, 6) is -1.11. The lowest BCUT2D eigenvalue weighted by molar-refractivity contribution is 0.0685. The van der Waals surface area contributed by atoms with Crippen LogP contribution in [0.4, 0.5) is 0 Å². The van der Waals surface area contributed by atoms with Crippen LogP contribution in [0.15, 0.2) is 39.8 Å². The zero-order valence-electron chi connectivity index (χ0n) is 9.35. The highest BCUT2D eigenvalue weighted by atomic mass is 32.2. The molecule has 0 aliphatic rings. The molecule has 0 atom stereocenters. The Bertz CT molecular complexity index is 746. The fourth-order valence-electron chi connectivity index (χ4n) is 1.57. The SMILES string of the molecule is O=C(O)c1nnc2ccccc2c1Sc1ncns1. The van der Waals surface area contributed by atoms with Gasteiger partial charge in [0, 0.05) is 5.39 Å². The van der Waals surface area contributed by atoms with Crippen molar-refractivity contribution in [1.82, 2.24) is 19.6 Å². The molecule has 2 aromatic heterocycles. The monoisotopic (exact) mass is 290 g/mol. The highest BCUT2D eigenvalue weighted by Crippen LogP contribution is 2.34. The van der Waals surface area contributed by atoms with Crippen molar-refractivity contribution in [3.63, 3.8) is 0 Å². The molecule has 3 rings (SSSR count). The maximum Gasteiger partial charge on any atom is 0.357 e. The van der Waals surface area contributed by atoms with Crippen molar-refractivity contribution in [2.24, 2.45) is 0 Å². The fourth-order valence-corrected chi connectivity index (χ4v) is 3.16. The Morgan fingerprint density at radius 1 is 1.26 bits per heavy atom. The molecule has 1 aromatic carbocycles. The van der Waals surface area contributed by atoms with Gasteiger partial charge in [-0.25, -0.2) is 9.78 Å². The Labute approximate surface area is 115 Å². The minimum atomic E-state index is -1.11. The van der Waals surface area contributed by atoms with E-state index in [0.29, 0.717) is 14.8 Å². The van der Waals surface area contributed by atoms with Crippen LogP contribution in [0.5, 0.6) is 0 Å². The largest absolute Gasteiger partial charge is 0.476 e. The lowest BCUT2D eigenvalue weighted by Crippen LogP contribution is -2.05. The Balaban J connectivity index is 2.22. The first-order valence-electron chi connectivity index (χ1n) is 5.19. The lowest BCUT2D eigenvalue weighted by Gasteiger charge is -2.05. The molecule has 0 aliphatic heterocycles. The van der Waals surface area contributed by atoms with E-state index in [1.165, 1.54) is 29.6 Å². The van der Waals surface area contributed by atoms with Gasteiger partial charge in [-0.3, -0.25) is 0 Å². The molecule has 0 aliphatic carbocycles. The van der Waals surface area contributed by atoms with Crippen molar-refractivity contribution < 1.29 is 9.90 Å². The van der Waals surface area contributed by atoms with Gasteiger partial charge in [-0.1, -0.05) is 30.0 Å². The molecule has 0 saturated carbocycles. The smallest absolute Gasteiger partial charge is 0.357 e. The normalized spacial score (nSPS) is 10.7. The zero-order valence-corrected chi connectivity index (χ0v) is 11.0. The number of carboxylic acids is 1. The standard InChI is InChI=1S/C11H6N4O2S2/c16-10(17)8-9(18-11-12-5-13-19-11)6-3-1-2-4-7(6)14-15-8/h1-5H,(H,16,17). The third-order valence-corrected chi connectivity index (χ3v) is 4.19. The number of aromatic nitrogens is 4. The van der Waals surface area contributed by atoms with E-state index in [4.69, 9.17) is 0 Å². The van der Waals surface area contributed by atoms with Gasteiger partial charge >= 0.3 is 5.97 Å². The number of hydrogen-bond acceptors (Lipinski definition) is 7. The van der Waals surface area contributed by atoms with Crippen LogP contribution in [0.3, 0.4) is 0 Å². The average Bonchev–Trinajstić information content (AvgIpc) is 2.92. The quantitative estimate of drug-likeness (QED) is 0.791. The van der Waals surface area contributed by atoms with Gasteiger partial charge in [-0.2, -0.15) is 4.37 Å². The van der Waals surface area contributed by atoms with Crippen molar-refractivity contribution in [3.05, 3.63) is 36.3 Å². The van der Waals surface area contributed by atoms with Crippen LogP contribution < -0.4 is 0 Å². The minimum Gasteiger partial charge on any atom is -0.476 e. The maximum absolute atomic E-state index is 11.2. The van der Waals surface area contributed by atoms with Crippen LogP contribution in [-0.2, 0) is 0 Å². The molecule has 6 nitrogen and oxygen atoms in total. The summed E-state index contributed by atoms with van der Waals surface area (Å²) < 4.78 is 4.57. The molecule has 0 saturated heterocycles. The molecule has 94 valence electrons. The molecular weight excluding hydrogens is 284 g/mol. The van der Waals surface area contributed by atoms with Gasteiger partial charge in [0.1, 0.15) is 6.33 Å². The molecule has 8 heteroatoms. The summed E-state index contributed by atoms with van der Waals surface area (Å²) in [4.78, 5) is 15.8. The number of carbonyl (C=O) groups is 1. The molecule has 0 spiro atoms. The topological polar surface area (TPSA) is 88.9 Å². The Morgan fingerprint density at radius 2 is 2.11 bits per heavy atom. The van der Waals surface area contributed by atoms with Gasteiger partial charge < -0.3 is 5.11 Å². The second kappa shape index (κ2) is 4.90. The van der Waals surface area contributed by atoms with Crippen molar-refractivity contribution >= 4 is 40.2 Å². The van der Waals surface area contributed by atoms with E-state index >= 15 is 0 Å². The number of nitrogens with zero attached hydrogens (tertiary/aromatic N) is 4.